The van der Waals surface area contributed by atoms with Crippen LogP contribution in [0.4, 0.5) is 0 Å². The van der Waals surface area contributed by atoms with Gasteiger partial charge in [-0.15, -0.1) is 0 Å². The highest BCUT2D eigenvalue weighted by Crippen LogP contribution is 2.31. The smallest absolute Gasteiger partial charge is 0.414 e. The number of rotatable bonds is 9. The number of piperazine rings is 1. The summed E-state index contributed by atoms with van der Waals surface area (Å²) in [4.78, 5) is 46.7. The van der Waals surface area contributed by atoms with Gasteiger partial charge in [-0.2, -0.15) is 0 Å². The first-order valence-corrected chi connectivity index (χ1v) is 13.0. The standard InChI is InChI=1S/C25H36N2O3.C2H2O4/c28-24(22-9-10-22)18-25(29)27-14-12-26(13-15-27)19-21-7-4-8-23(17-21)30-16-11-20-5-2-1-3-6-20;3-1(4)2(5)6/h4,7-8,17,20,22H,1-3,5-6,9-16,18-19H2;(H,3,4)(H,5,6). The Kier molecular flexibility index (Phi) is 10.7. The first kappa shape index (κ1) is 27.6. The van der Waals surface area contributed by atoms with Gasteiger partial charge in [0, 0.05) is 38.6 Å². The van der Waals surface area contributed by atoms with E-state index in [9.17, 15) is 9.59 Å². The van der Waals surface area contributed by atoms with Crippen LogP contribution < -0.4 is 4.74 Å². The molecule has 1 saturated heterocycles. The second-order valence-electron chi connectivity index (χ2n) is 9.97. The first-order chi connectivity index (χ1) is 17.3. The summed E-state index contributed by atoms with van der Waals surface area (Å²) in [6.45, 7) is 4.84. The fourth-order valence-corrected chi connectivity index (χ4v) is 4.78. The highest BCUT2D eigenvalue weighted by atomic mass is 16.5. The number of ketones is 1. The van der Waals surface area contributed by atoms with E-state index in [-0.39, 0.29) is 24.0 Å². The fourth-order valence-electron chi connectivity index (χ4n) is 4.78. The Hall–Kier alpha value is -2.94. The van der Waals surface area contributed by atoms with E-state index < -0.39 is 11.9 Å². The van der Waals surface area contributed by atoms with E-state index in [0.29, 0.717) is 13.1 Å². The topological polar surface area (TPSA) is 124 Å². The van der Waals surface area contributed by atoms with Crippen molar-refractivity contribution in [1.82, 2.24) is 9.80 Å². The molecule has 4 rings (SSSR count). The highest BCUT2D eigenvalue weighted by Gasteiger charge is 2.32. The maximum absolute atomic E-state index is 12.3. The molecule has 3 fully saturated rings. The number of benzene rings is 1. The van der Waals surface area contributed by atoms with Crippen LogP contribution in [0.2, 0.25) is 0 Å². The molecule has 3 aliphatic rings. The molecule has 1 amide bonds. The normalized spacial score (nSPS) is 18.6. The van der Waals surface area contributed by atoms with Crippen molar-refractivity contribution in [3.8, 4) is 5.75 Å². The average Bonchev–Trinajstić information content (AvgIpc) is 3.72. The Morgan fingerprint density at radius 3 is 2.17 bits per heavy atom. The van der Waals surface area contributed by atoms with Crippen LogP contribution in [0.25, 0.3) is 0 Å². The lowest BCUT2D eigenvalue weighted by Gasteiger charge is -2.34. The third-order valence-electron chi connectivity index (χ3n) is 7.09. The van der Waals surface area contributed by atoms with Crippen molar-refractivity contribution in [2.45, 2.75) is 64.3 Å². The van der Waals surface area contributed by atoms with Crippen molar-refractivity contribution in [2.24, 2.45) is 11.8 Å². The lowest BCUT2D eigenvalue weighted by molar-refractivity contribution is -0.159. The summed E-state index contributed by atoms with van der Waals surface area (Å²) >= 11 is 0. The number of amides is 1. The molecule has 0 radical (unpaired) electrons. The van der Waals surface area contributed by atoms with Crippen molar-refractivity contribution in [3.05, 3.63) is 29.8 Å². The summed E-state index contributed by atoms with van der Waals surface area (Å²) in [6.07, 6.45) is 10.1. The molecule has 1 heterocycles. The number of carbonyl (C=O) groups is 4. The minimum atomic E-state index is -1.82. The van der Waals surface area contributed by atoms with E-state index in [2.05, 4.69) is 29.2 Å². The van der Waals surface area contributed by atoms with Gasteiger partial charge in [0.2, 0.25) is 5.91 Å². The molecule has 2 N–H and O–H groups in total. The molecule has 0 atom stereocenters. The zero-order valence-electron chi connectivity index (χ0n) is 20.9. The van der Waals surface area contributed by atoms with Gasteiger partial charge in [-0.1, -0.05) is 44.2 Å². The van der Waals surface area contributed by atoms with Crippen LogP contribution in [0.3, 0.4) is 0 Å². The van der Waals surface area contributed by atoms with Crippen LogP contribution in [-0.4, -0.2) is 76.4 Å². The molecule has 198 valence electrons. The van der Waals surface area contributed by atoms with Crippen molar-refractivity contribution in [2.75, 3.05) is 32.8 Å². The van der Waals surface area contributed by atoms with Crippen molar-refractivity contribution < 1.29 is 34.1 Å². The molecule has 1 aliphatic heterocycles. The predicted octanol–water partition coefficient (Wildman–Crippen LogP) is 3.20. The third kappa shape index (κ3) is 9.60. The lowest BCUT2D eigenvalue weighted by Crippen LogP contribution is -2.48. The Morgan fingerprint density at radius 2 is 1.56 bits per heavy atom. The molecule has 2 saturated carbocycles. The Morgan fingerprint density at radius 1 is 0.889 bits per heavy atom. The zero-order chi connectivity index (χ0) is 25.9. The average molecular weight is 503 g/mol. The Bertz CT molecular complexity index is 889. The van der Waals surface area contributed by atoms with E-state index >= 15 is 0 Å². The van der Waals surface area contributed by atoms with Gasteiger partial charge < -0.3 is 19.8 Å². The van der Waals surface area contributed by atoms with E-state index in [1.807, 2.05) is 4.90 Å². The summed E-state index contributed by atoms with van der Waals surface area (Å²) < 4.78 is 6.05. The van der Waals surface area contributed by atoms with E-state index in [4.69, 9.17) is 24.5 Å². The summed E-state index contributed by atoms with van der Waals surface area (Å²) in [5, 5.41) is 14.8. The molecule has 9 heteroatoms. The molecular weight excluding hydrogens is 464 g/mol. The zero-order valence-corrected chi connectivity index (χ0v) is 20.9. The van der Waals surface area contributed by atoms with Gasteiger partial charge in [0.05, 0.1) is 13.0 Å². The summed E-state index contributed by atoms with van der Waals surface area (Å²) in [5.41, 5.74) is 1.26. The fraction of sp³-hybridized carbons (Fsp3) is 0.630. The number of aliphatic carboxylic acids is 2. The number of carbonyl (C=O) groups excluding carboxylic acids is 2. The molecule has 0 bridgehead atoms. The molecular formula is C27H38N2O7. The van der Waals surface area contributed by atoms with Crippen LogP contribution in [0, 0.1) is 11.8 Å². The maximum Gasteiger partial charge on any atom is 0.414 e. The number of ether oxygens (including phenoxy) is 1. The van der Waals surface area contributed by atoms with Crippen LogP contribution >= 0.6 is 0 Å². The van der Waals surface area contributed by atoms with Gasteiger partial charge in [-0.25, -0.2) is 9.59 Å². The number of nitrogens with zero attached hydrogens (tertiary/aromatic N) is 2. The third-order valence-corrected chi connectivity index (χ3v) is 7.09. The van der Waals surface area contributed by atoms with E-state index in [1.165, 1.54) is 44.1 Å². The predicted molar refractivity (Wildman–Crippen MR) is 133 cm³/mol. The number of hydrogen-bond acceptors (Lipinski definition) is 6. The van der Waals surface area contributed by atoms with Gasteiger partial charge in [0.25, 0.3) is 0 Å². The largest absolute Gasteiger partial charge is 0.494 e. The molecule has 36 heavy (non-hydrogen) atoms. The molecule has 9 nitrogen and oxygen atoms in total. The van der Waals surface area contributed by atoms with Gasteiger partial charge in [0.15, 0.2) is 0 Å². The number of hydrogen-bond donors (Lipinski definition) is 2. The number of Topliss-reactive ketones (excluding diaryl/α,β-unsaturated/α-hetero) is 1. The SMILES string of the molecule is O=C(CC(=O)N1CCN(Cc2cccc(OCCC3CCCCC3)c2)CC1)C1CC1.O=C(O)C(=O)O. The summed E-state index contributed by atoms with van der Waals surface area (Å²) in [7, 11) is 0. The molecule has 1 aromatic carbocycles. The molecule has 0 spiro atoms. The van der Waals surface area contributed by atoms with Crippen LogP contribution in [-0.2, 0) is 25.7 Å². The maximum atomic E-state index is 12.3. The lowest BCUT2D eigenvalue weighted by atomic mass is 9.87. The number of carboxylic acid groups (broad SMARTS) is 2. The second-order valence-corrected chi connectivity index (χ2v) is 9.97. The Balaban J connectivity index is 0.000000538. The Labute approximate surface area is 212 Å². The minimum absolute atomic E-state index is 0.0138. The van der Waals surface area contributed by atoms with Crippen LogP contribution in [0.1, 0.15) is 63.4 Å². The molecule has 0 aromatic heterocycles. The van der Waals surface area contributed by atoms with Crippen molar-refractivity contribution in [3.63, 3.8) is 0 Å². The van der Waals surface area contributed by atoms with Gasteiger partial charge >= 0.3 is 11.9 Å². The monoisotopic (exact) mass is 502 g/mol. The van der Waals surface area contributed by atoms with Gasteiger partial charge in [-0.05, 0) is 42.9 Å². The molecule has 1 aromatic rings. The van der Waals surface area contributed by atoms with E-state index in [0.717, 1.165) is 50.8 Å². The second kappa shape index (κ2) is 14.0. The van der Waals surface area contributed by atoms with Crippen LogP contribution in [0.15, 0.2) is 24.3 Å². The van der Waals surface area contributed by atoms with Crippen molar-refractivity contribution in [1.29, 1.82) is 0 Å². The van der Waals surface area contributed by atoms with Gasteiger partial charge in [-0.3, -0.25) is 14.5 Å². The van der Waals surface area contributed by atoms with E-state index in [1.54, 1.807) is 0 Å². The highest BCUT2D eigenvalue weighted by molar-refractivity contribution is 6.27. The molecule has 0 unspecified atom stereocenters. The minimum Gasteiger partial charge on any atom is -0.494 e. The first-order valence-electron chi connectivity index (χ1n) is 13.0. The summed E-state index contributed by atoms with van der Waals surface area (Å²) in [6, 6.07) is 8.44. The van der Waals surface area contributed by atoms with Gasteiger partial charge in [0.1, 0.15) is 11.5 Å². The van der Waals surface area contributed by atoms with Crippen molar-refractivity contribution >= 4 is 23.6 Å². The quantitative estimate of drug-likeness (QED) is 0.390. The molecule has 2 aliphatic carbocycles. The number of carboxylic acids is 2. The van der Waals surface area contributed by atoms with Crippen LogP contribution in [0.5, 0.6) is 5.75 Å². The summed E-state index contributed by atoms with van der Waals surface area (Å²) in [5.74, 6) is -1.50.